The number of hydrogen-bond donors (Lipinski definition) is 0. The molecule has 0 N–H and O–H groups in total. The highest BCUT2D eigenvalue weighted by Gasteiger charge is 2.58. The molecule has 4 fully saturated rings. The van der Waals surface area contributed by atoms with Crippen LogP contribution in [-0.4, -0.2) is 16.9 Å². The predicted octanol–water partition coefficient (Wildman–Crippen LogP) is 3.53. The third-order valence-corrected chi connectivity index (χ3v) is 5.78. The molecule has 3 heteroatoms. The molecule has 0 saturated heterocycles. The molecule has 2 nitrogen and oxygen atoms in total. The molecule has 4 saturated carbocycles. The van der Waals surface area contributed by atoms with Crippen molar-refractivity contribution in [1.29, 1.82) is 0 Å². The van der Waals surface area contributed by atoms with Crippen LogP contribution in [-0.2, 0) is 9.53 Å². The van der Waals surface area contributed by atoms with Crippen molar-refractivity contribution in [2.24, 2.45) is 23.7 Å². The zero-order chi connectivity index (χ0) is 12.0. The zero-order valence-electron chi connectivity index (χ0n) is 10.5. The topological polar surface area (TPSA) is 26.3 Å². The quantitative estimate of drug-likeness (QED) is 0.589. The van der Waals surface area contributed by atoms with Crippen LogP contribution in [0.4, 0.5) is 0 Å². The van der Waals surface area contributed by atoms with Crippen molar-refractivity contribution in [3.8, 4) is 0 Å². The van der Waals surface area contributed by atoms with E-state index in [1.165, 1.54) is 25.7 Å². The second-order valence-electron chi connectivity index (χ2n) is 6.29. The van der Waals surface area contributed by atoms with Gasteiger partial charge in [0.1, 0.15) is 10.9 Å². The minimum absolute atomic E-state index is 0.0644. The zero-order valence-corrected chi connectivity index (χ0v) is 12.0. The first-order valence-electron chi connectivity index (χ1n) is 6.94. The second-order valence-corrected chi connectivity index (χ2v) is 6.86. The van der Waals surface area contributed by atoms with Gasteiger partial charge in [0.15, 0.2) is 0 Å². The van der Waals surface area contributed by atoms with E-state index in [2.05, 4.69) is 22.9 Å². The van der Waals surface area contributed by atoms with Gasteiger partial charge in [-0.15, -0.1) is 0 Å². The molecule has 96 valence electrons. The molecule has 4 rings (SSSR count). The van der Waals surface area contributed by atoms with E-state index in [0.717, 1.165) is 30.6 Å². The molecule has 4 aliphatic rings. The van der Waals surface area contributed by atoms with Crippen LogP contribution in [0.15, 0.2) is 0 Å². The molecule has 3 unspecified atom stereocenters. The van der Waals surface area contributed by atoms with Crippen molar-refractivity contribution in [3.05, 3.63) is 0 Å². The van der Waals surface area contributed by atoms with Gasteiger partial charge in [-0.25, -0.2) is 0 Å². The lowest BCUT2D eigenvalue weighted by atomic mass is 9.49. The van der Waals surface area contributed by atoms with E-state index in [-0.39, 0.29) is 11.6 Å². The maximum Gasteiger partial charge on any atom is 0.317 e. The first-order valence-corrected chi connectivity index (χ1v) is 8.07. The Morgan fingerprint density at radius 3 is 2.47 bits per heavy atom. The fourth-order valence-electron chi connectivity index (χ4n) is 5.19. The van der Waals surface area contributed by atoms with Crippen molar-refractivity contribution in [1.82, 2.24) is 0 Å². The fraction of sp³-hybridized carbons (Fsp3) is 0.929. The average molecular weight is 301 g/mol. The Balaban J connectivity index is 1.87. The molecule has 0 radical (unpaired) electrons. The van der Waals surface area contributed by atoms with Gasteiger partial charge in [-0.2, -0.15) is 0 Å². The van der Waals surface area contributed by atoms with Crippen molar-refractivity contribution in [2.75, 3.05) is 5.33 Å². The van der Waals surface area contributed by atoms with E-state index in [9.17, 15) is 4.79 Å². The summed E-state index contributed by atoms with van der Waals surface area (Å²) in [5.41, 5.74) is -0.0889. The number of halogens is 1. The number of carbonyl (C=O) groups excluding carboxylic acids is 1. The molecule has 0 spiro atoms. The Hall–Kier alpha value is -0.0500. The number of alkyl halides is 1. The van der Waals surface area contributed by atoms with Crippen molar-refractivity contribution < 1.29 is 9.53 Å². The summed E-state index contributed by atoms with van der Waals surface area (Å²) in [6.45, 7) is 2.26. The fourth-order valence-corrected chi connectivity index (χ4v) is 5.30. The van der Waals surface area contributed by atoms with Gasteiger partial charge >= 0.3 is 5.97 Å². The van der Waals surface area contributed by atoms with Gasteiger partial charge in [0, 0.05) is 5.92 Å². The SMILES string of the molecule is CCC1C2CC3CC(C2)CC1(OC(=O)CBr)C3. The van der Waals surface area contributed by atoms with Crippen LogP contribution in [0.3, 0.4) is 0 Å². The number of esters is 1. The van der Waals surface area contributed by atoms with Crippen LogP contribution in [0, 0.1) is 23.7 Å². The summed E-state index contributed by atoms with van der Waals surface area (Å²) in [5, 5.41) is 0.338. The summed E-state index contributed by atoms with van der Waals surface area (Å²) in [7, 11) is 0. The Morgan fingerprint density at radius 1 is 1.29 bits per heavy atom. The lowest BCUT2D eigenvalue weighted by Gasteiger charge is -2.60. The third kappa shape index (κ3) is 1.85. The van der Waals surface area contributed by atoms with Gasteiger partial charge in [0.25, 0.3) is 0 Å². The van der Waals surface area contributed by atoms with Gasteiger partial charge in [-0.3, -0.25) is 4.79 Å². The van der Waals surface area contributed by atoms with Crippen molar-refractivity contribution in [2.45, 2.75) is 51.0 Å². The second kappa shape index (κ2) is 4.25. The van der Waals surface area contributed by atoms with Crippen LogP contribution in [0.1, 0.15) is 45.4 Å². The predicted molar refractivity (Wildman–Crippen MR) is 70.0 cm³/mol. The summed E-state index contributed by atoms with van der Waals surface area (Å²) in [5.74, 6) is 3.05. The van der Waals surface area contributed by atoms with E-state index in [0.29, 0.717) is 11.2 Å². The first kappa shape index (κ1) is 12.0. The summed E-state index contributed by atoms with van der Waals surface area (Å²) in [6, 6.07) is 0. The van der Waals surface area contributed by atoms with Gasteiger partial charge in [0.05, 0.1) is 0 Å². The number of hydrogen-bond acceptors (Lipinski definition) is 2. The summed E-state index contributed by atoms with van der Waals surface area (Å²) < 4.78 is 5.92. The molecule has 0 aromatic heterocycles. The van der Waals surface area contributed by atoms with Crippen molar-refractivity contribution in [3.63, 3.8) is 0 Å². The lowest BCUT2D eigenvalue weighted by Crippen LogP contribution is -2.59. The molecule has 3 atom stereocenters. The Kier molecular flexibility index (Phi) is 3.00. The molecule has 0 aliphatic heterocycles. The number of carbonyl (C=O) groups is 1. The molecule has 17 heavy (non-hydrogen) atoms. The first-order chi connectivity index (χ1) is 8.16. The van der Waals surface area contributed by atoms with Crippen LogP contribution >= 0.6 is 15.9 Å². The van der Waals surface area contributed by atoms with E-state index in [1.807, 2.05) is 0 Å². The van der Waals surface area contributed by atoms with Gasteiger partial charge in [0.2, 0.25) is 0 Å². The standard InChI is InChI=1S/C14H21BrO2/c1-2-12-11-4-9-3-10(5-11)7-14(12,6-9)17-13(16)8-15/h9-12H,2-8H2,1H3. The minimum atomic E-state index is -0.0889. The minimum Gasteiger partial charge on any atom is -0.458 e. The summed E-state index contributed by atoms with van der Waals surface area (Å²) in [4.78, 5) is 11.7. The van der Waals surface area contributed by atoms with E-state index in [4.69, 9.17) is 4.74 Å². The highest BCUT2D eigenvalue weighted by Crippen LogP contribution is 2.60. The van der Waals surface area contributed by atoms with Crippen LogP contribution in [0.25, 0.3) is 0 Å². The number of rotatable bonds is 3. The normalized spacial score (nSPS) is 47.2. The van der Waals surface area contributed by atoms with Gasteiger partial charge in [-0.1, -0.05) is 22.9 Å². The Labute approximate surface area is 112 Å². The van der Waals surface area contributed by atoms with Crippen LogP contribution in [0.5, 0.6) is 0 Å². The molecule has 0 aromatic rings. The molecule has 4 bridgehead atoms. The molecular formula is C14H21BrO2. The highest BCUT2D eigenvalue weighted by atomic mass is 79.9. The molecule has 0 amide bonds. The summed E-state index contributed by atoms with van der Waals surface area (Å²) >= 11 is 3.22. The van der Waals surface area contributed by atoms with Gasteiger partial charge in [-0.05, 0) is 56.3 Å². The van der Waals surface area contributed by atoms with Crippen LogP contribution < -0.4 is 0 Å². The smallest absolute Gasteiger partial charge is 0.317 e. The van der Waals surface area contributed by atoms with E-state index in [1.54, 1.807) is 0 Å². The largest absolute Gasteiger partial charge is 0.458 e. The Bertz CT molecular complexity index is 314. The third-order valence-electron chi connectivity index (χ3n) is 5.32. The van der Waals surface area contributed by atoms with E-state index >= 15 is 0 Å². The molecule has 0 aromatic carbocycles. The molecular weight excluding hydrogens is 280 g/mol. The highest BCUT2D eigenvalue weighted by molar-refractivity contribution is 9.09. The summed E-state index contributed by atoms with van der Waals surface area (Å²) in [6.07, 6.45) is 7.61. The van der Waals surface area contributed by atoms with Crippen LogP contribution in [0.2, 0.25) is 0 Å². The Morgan fingerprint density at radius 2 is 1.94 bits per heavy atom. The molecule has 0 heterocycles. The maximum atomic E-state index is 11.7. The van der Waals surface area contributed by atoms with E-state index < -0.39 is 0 Å². The maximum absolute atomic E-state index is 11.7. The number of ether oxygens (including phenoxy) is 1. The van der Waals surface area contributed by atoms with Gasteiger partial charge < -0.3 is 4.74 Å². The average Bonchev–Trinajstić information content (AvgIpc) is 2.27. The monoisotopic (exact) mass is 300 g/mol. The van der Waals surface area contributed by atoms with Crippen molar-refractivity contribution >= 4 is 21.9 Å². The lowest BCUT2D eigenvalue weighted by molar-refractivity contribution is -0.206. The molecule has 4 aliphatic carbocycles.